The molecule has 0 unspecified atom stereocenters. The van der Waals surface area contributed by atoms with Gasteiger partial charge in [-0.2, -0.15) is 0 Å². The standard InChI is InChI=1S/C40H32OS2/c1-5-6-12-29-24(2)41-35-18-16-28(21-32(29)35)26-11-9-10-25(19-26)27-15-17-33-30(20-27)31-22-38-39(23-34(31)40(33,3)4)43-37-14-8-7-13-36(37)42-38/h6-23H,5H2,1-4H3/b12-6-. The number of hydrogen-bond donors (Lipinski definition) is 0. The number of allylic oxidation sites excluding steroid dienone is 1. The van der Waals surface area contributed by atoms with Crippen LogP contribution in [-0.4, -0.2) is 0 Å². The van der Waals surface area contributed by atoms with Crippen molar-refractivity contribution >= 4 is 40.6 Å². The molecule has 0 saturated carbocycles. The normalized spacial score (nSPS) is 14.5. The van der Waals surface area contributed by atoms with Crippen LogP contribution in [0.3, 0.4) is 0 Å². The summed E-state index contributed by atoms with van der Waals surface area (Å²) in [7, 11) is 0. The lowest BCUT2D eigenvalue weighted by Gasteiger charge is -2.24. The lowest BCUT2D eigenvalue weighted by Crippen LogP contribution is -2.15. The van der Waals surface area contributed by atoms with Gasteiger partial charge in [-0.25, -0.2) is 0 Å². The Balaban J connectivity index is 1.19. The number of furan rings is 1. The van der Waals surface area contributed by atoms with Crippen LogP contribution >= 0.6 is 23.5 Å². The minimum atomic E-state index is -0.0374. The van der Waals surface area contributed by atoms with Crippen LogP contribution in [0.15, 0.2) is 127 Å². The first-order chi connectivity index (χ1) is 20.9. The van der Waals surface area contributed by atoms with Crippen LogP contribution < -0.4 is 0 Å². The van der Waals surface area contributed by atoms with Gasteiger partial charge in [-0.3, -0.25) is 0 Å². The fraction of sp³-hybridized carbons (Fsp3) is 0.150. The Morgan fingerprint density at radius 1 is 0.651 bits per heavy atom. The van der Waals surface area contributed by atoms with Crippen molar-refractivity contribution in [1.82, 2.24) is 0 Å². The fourth-order valence-electron chi connectivity index (χ4n) is 6.69. The second-order valence-corrected chi connectivity index (χ2v) is 14.2. The largest absolute Gasteiger partial charge is 0.461 e. The van der Waals surface area contributed by atoms with Crippen molar-refractivity contribution in [1.29, 1.82) is 0 Å². The maximum absolute atomic E-state index is 6.07. The van der Waals surface area contributed by atoms with E-state index in [1.165, 1.54) is 75.0 Å². The molecule has 5 aromatic carbocycles. The number of hydrogen-bond acceptors (Lipinski definition) is 3. The third kappa shape index (κ3) is 4.32. The number of benzene rings is 5. The van der Waals surface area contributed by atoms with Gasteiger partial charge < -0.3 is 4.42 Å². The van der Waals surface area contributed by atoms with Gasteiger partial charge in [0.05, 0.1) is 0 Å². The monoisotopic (exact) mass is 592 g/mol. The van der Waals surface area contributed by atoms with Crippen LogP contribution in [0.25, 0.3) is 50.4 Å². The molecule has 0 bridgehead atoms. The number of fused-ring (bicyclic) bond motifs is 6. The van der Waals surface area contributed by atoms with E-state index in [0.29, 0.717) is 0 Å². The molecule has 1 nitrogen and oxygen atoms in total. The first-order valence-electron chi connectivity index (χ1n) is 15.0. The molecular weight excluding hydrogens is 561 g/mol. The van der Waals surface area contributed by atoms with E-state index < -0.39 is 0 Å². The highest BCUT2D eigenvalue weighted by Gasteiger charge is 2.37. The molecule has 6 aromatic rings. The summed E-state index contributed by atoms with van der Waals surface area (Å²) in [6, 6.07) is 36.2. The van der Waals surface area contributed by atoms with Gasteiger partial charge in [0.1, 0.15) is 11.3 Å². The minimum Gasteiger partial charge on any atom is -0.461 e. The van der Waals surface area contributed by atoms with Gasteiger partial charge in [-0.15, -0.1) is 0 Å². The molecule has 43 heavy (non-hydrogen) atoms. The van der Waals surface area contributed by atoms with E-state index >= 15 is 0 Å². The molecule has 1 aromatic heterocycles. The Morgan fingerprint density at radius 3 is 2.05 bits per heavy atom. The van der Waals surface area contributed by atoms with Crippen LogP contribution in [0.4, 0.5) is 0 Å². The Hall–Kier alpha value is -3.92. The van der Waals surface area contributed by atoms with Crippen molar-refractivity contribution in [3.05, 3.63) is 126 Å². The lowest BCUT2D eigenvalue weighted by molar-refractivity contribution is 0.577. The second kappa shape index (κ2) is 10.1. The Bertz CT molecular complexity index is 2110. The highest BCUT2D eigenvalue weighted by atomic mass is 32.2. The fourth-order valence-corrected chi connectivity index (χ4v) is 8.97. The van der Waals surface area contributed by atoms with Crippen LogP contribution in [-0.2, 0) is 5.41 Å². The van der Waals surface area contributed by atoms with Gasteiger partial charge in [-0.1, -0.05) is 105 Å². The van der Waals surface area contributed by atoms with Crippen LogP contribution in [0.5, 0.6) is 0 Å². The Morgan fingerprint density at radius 2 is 1.30 bits per heavy atom. The van der Waals surface area contributed by atoms with Crippen LogP contribution in [0.2, 0.25) is 0 Å². The van der Waals surface area contributed by atoms with E-state index in [1.807, 2.05) is 23.5 Å². The van der Waals surface area contributed by atoms with Crippen molar-refractivity contribution in [3.8, 4) is 33.4 Å². The maximum atomic E-state index is 6.07. The van der Waals surface area contributed by atoms with Crippen molar-refractivity contribution in [2.24, 2.45) is 0 Å². The molecule has 2 heterocycles. The van der Waals surface area contributed by atoms with Gasteiger partial charge in [0, 0.05) is 35.9 Å². The zero-order valence-corrected chi connectivity index (χ0v) is 26.5. The zero-order chi connectivity index (χ0) is 29.3. The molecule has 1 aliphatic heterocycles. The summed E-state index contributed by atoms with van der Waals surface area (Å²) in [4.78, 5) is 5.43. The molecular formula is C40H32OS2. The summed E-state index contributed by atoms with van der Waals surface area (Å²) in [5.74, 6) is 0.967. The predicted molar refractivity (Wildman–Crippen MR) is 183 cm³/mol. The maximum Gasteiger partial charge on any atom is 0.134 e. The predicted octanol–water partition coefficient (Wildman–Crippen LogP) is 12.4. The van der Waals surface area contributed by atoms with Crippen molar-refractivity contribution in [3.63, 3.8) is 0 Å². The Labute approximate surface area is 262 Å². The molecule has 210 valence electrons. The molecule has 0 atom stereocenters. The van der Waals surface area contributed by atoms with E-state index in [2.05, 4.69) is 137 Å². The van der Waals surface area contributed by atoms with Gasteiger partial charge in [-0.05, 0) is 106 Å². The first kappa shape index (κ1) is 26.7. The van der Waals surface area contributed by atoms with Gasteiger partial charge in [0.25, 0.3) is 0 Å². The van der Waals surface area contributed by atoms with E-state index in [4.69, 9.17) is 4.42 Å². The first-order valence-corrected chi connectivity index (χ1v) is 16.6. The molecule has 1 aliphatic carbocycles. The van der Waals surface area contributed by atoms with Crippen molar-refractivity contribution in [2.75, 3.05) is 0 Å². The Kier molecular flexibility index (Phi) is 6.25. The summed E-state index contributed by atoms with van der Waals surface area (Å²) < 4.78 is 6.07. The van der Waals surface area contributed by atoms with E-state index in [1.54, 1.807) is 0 Å². The van der Waals surface area contributed by atoms with Gasteiger partial charge in [0.2, 0.25) is 0 Å². The number of rotatable bonds is 4. The molecule has 8 rings (SSSR count). The molecule has 0 N–H and O–H groups in total. The topological polar surface area (TPSA) is 13.1 Å². The highest BCUT2D eigenvalue weighted by molar-refractivity contribution is 8.05. The van der Waals surface area contributed by atoms with E-state index in [0.717, 1.165) is 17.8 Å². The SMILES string of the molecule is CC/C=C\c1c(C)oc2ccc(-c3cccc(-c4ccc5c(c4)-c4cc6c(cc4C5(C)C)Sc4ccccc4S6)c3)cc12. The quantitative estimate of drug-likeness (QED) is 0.202. The molecule has 0 radical (unpaired) electrons. The molecule has 0 amide bonds. The smallest absolute Gasteiger partial charge is 0.134 e. The average molecular weight is 593 g/mol. The summed E-state index contributed by atoms with van der Waals surface area (Å²) in [5.41, 5.74) is 12.6. The zero-order valence-electron chi connectivity index (χ0n) is 24.8. The highest BCUT2D eigenvalue weighted by Crippen LogP contribution is 2.56. The van der Waals surface area contributed by atoms with Crippen molar-refractivity contribution in [2.45, 2.75) is 59.1 Å². The number of aryl methyl sites for hydroxylation is 1. The third-order valence-electron chi connectivity index (χ3n) is 8.99. The molecule has 2 aliphatic rings. The lowest BCUT2D eigenvalue weighted by atomic mass is 9.82. The van der Waals surface area contributed by atoms with E-state index in [-0.39, 0.29) is 5.41 Å². The molecule has 0 spiro atoms. The second-order valence-electron chi connectivity index (χ2n) is 12.1. The summed E-state index contributed by atoms with van der Waals surface area (Å²) in [5, 5.41) is 1.17. The van der Waals surface area contributed by atoms with Crippen LogP contribution in [0, 0.1) is 6.92 Å². The molecule has 3 heteroatoms. The molecule has 0 fully saturated rings. The molecule has 0 saturated heterocycles. The van der Waals surface area contributed by atoms with E-state index in [9.17, 15) is 0 Å². The average Bonchev–Trinajstić information content (AvgIpc) is 3.46. The third-order valence-corrected chi connectivity index (χ3v) is 11.5. The summed E-state index contributed by atoms with van der Waals surface area (Å²) in [6.07, 6.45) is 5.40. The minimum absolute atomic E-state index is 0.0374. The van der Waals surface area contributed by atoms with Gasteiger partial charge in [0.15, 0.2) is 0 Å². The van der Waals surface area contributed by atoms with Gasteiger partial charge >= 0.3 is 0 Å². The van der Waals surface area contributed by atoms with Crippen LogP contribution in [0.1, 0.15) is 49.6 Å². The summed E-state index contributed by atoms with van der Waals surface area (Å²) in [6.45, 7) is 8.96. The van der Waals surface area contributed by atoms with Crippen molar-refractivity contribution < 1.29 is 4.42 Å². The summed E-state index contributed by atoms with van der Waals surface area (Å²) >= 11 is 3.80.